The molecular weight excluding hydrogens is 411 g/mol. The number of carbonyl (C=O) groups is 1. The van der Waals surface area contributed by atoms with Gasteiger partial charge >= 0.3 is 5.69 Å². The molecule has 1 amide bonds. The lowest BCUT2D eigenvalue weighted by atomic mass is 10.1. The SMILES string of the molecule is CC(C)CC(C)Oc1cc(-n2nc(C(C)C)n(C)c2=O)c(F)cc1C(=O)NC1CCCC1. The highest BCUT2D eigenvalue weighted by Crippen LogP contribution is 2.28. The maximum absolute atomic E-state index is 15.2. The summed E-state index contributed by atoms with van der Waals surface area (Å²) in [5.41, 5.74) is -0.333. The molecule has 1 unspecified atom stereocenters. The van der Waals surface area contributed by atoms with E-state index in [1.807, 2.05) is 20.8 Å². The molecule has 0 saturated heterocycles. The summed E-state index contributed by atoms with van der Waals surface area (Å²) >= 11 is 0. The fourth-order valence-corrected chi connectivity index (χ4v) is 4.35. The van der Waals surface area contributed by atoms with Gasteiger partial charge in [-0.05, 0) is 38.2 Å². The number of amides is 1. The number of rotatable bonds is 8. The first-order valence-electron chi connectivity index (χ1n) is 11.6. The summed E-state index contributed by atoms with van der Waals surface area (Å²) in [5, 5.41) is 7.34. The third kappa shape index (κ3) is 5.22. The molecule has 0 bridgehead atoms. The third-order valence-electron chi connectivity index (χ3n) is 5.87. The maximum atomic E-state index is 15.2. The molecule has 7 nitrogen and oxygen atoms in total. The molecule has 1 heterocycles. The van der Waals surface area contributed by atoms with Crippen molar-refractivity contribution in [1.29, 1.82) is 0 Å². The van der Waals surface area contributed by atoms with Crippen LogP contribution in [0.15, 0.2) is 16.9 Å². The molecule has 1 aromatic heterocycles. The smallest absolute Gasteiger partial charge is 0.350 e. The number of nitrogens with zero attached hydrogens (tertiary/aromatic N) is 3. The van der Waals surface area contributed by atoms with Gasteiger partial charge in [0.25, 0.3) is 5.91 Å². The highest BCUT2D eigenvalue weighted by molar-refractivity contribution is 5.97. The van der Waals surface area contributed by atoms with Gasteiger partial charge in [0, 0.05) is 25.1 Å². The summed E-state index contributed by atoms with van der Waals surface area (Å²) in [7, 11) is 1.62. The van der Waals surface area contributed by atoms with E-state index in [1.165, 1.54) is 10.6 Å². The van der Waals surface area contributed by atoms with Crippen LogP contribution in [0, 0.1) is 11.7 Å². The first-order chi connectivity index (χ1) is 15.1. The molecule has 2 aromatic rings. The Hall–Kier alpha value is -2.64. The van der Waals surface area contributed by atoms with Crippen molar-refractivity contribution in [3.05, 3.63) is 39.8 Å². The molecule has 0 spiro atoms. The minimum absolute atomic E-state index is 0.00439. The molecule has 0 radical (unpaired) electrons. The number of benzene rings is 1. The van der Waals surface area contributed by atoms with Crippen molar-refractivity contribution in [3.8, 4) is 11.4 Å². The predicted molar refractivity (Wildman–Crippen MR) is 122 cm³/mol. The van der Waals surface area contributed by atoms with Gasteiger partial charge in [0.05, 0.1) is 11.7 Å². The number of ether oxygens (including phenoxy) is 1. The summed E-state index contributed by atoms with van der Waals surface area (Å²) in [6, 6.07) is 2.68. The molecule has 32 heavy (non-hydrogen) atoms. The van der Waals surface area contributed by atoms with Crippen molar-refractivity contribution in [1.82, 2.24) is 19.7 Å². The second-order valence-electron chi connectivity index (χ2n) is 9.58. The fourth-order valence-electron chi connectivity index (χ4n) is 4.35. The summed E-state index contributed by atoms with van der Waals surface area (Å²) in [6.45, 7) is 9.93. The van der Waals surface area contributed by atoms with Gasteiger partial charge in [-0.15, -0.1) is 5.10 Å². The lowest BCUT2D eigenvalue weighted by molar-refractivity contribution is 0.0929. The van der Waals surface area contributed by atoms with Crippen LogP contribution in [0.3, 0.4) is 0 Å². The fraction of sp³-hybridized carbons (Fsp3) is 0.625. The quantitative estimate of drug-likeness (QED) is 0.655. The van der Waals surface area contributed by atoms with E-state index in [0.29, 0.717) is 11.7 Å². The molecule has 1 aliphatic rings. The normalized spacial score (nSPS) is 15.5. The lowest BCUT2D eigenvalue weighted by Crippen LogP contribution is -2.33. The van der Waals surface area contributed by atoms with E-state index < -0.39 is 11.5 Å². The molecule has 1 atom stereocenters. The molecule has 1 N–H and O–H groups in total. The van der Waals surface area contributed by atoms with Crippen LogP contribution in [0.2, 0.25) is 0 Å². The van der Waals surface area contributed by atoms with Gasteiger partial charge in [0.2, 0.25) is 0 Å². The number of hydrogen-bond acceptors (Lipinski definition) is 4. The Morgan fingerprint density at radius 3 is 2.44 bits per heavy atom. The number of aromatic nitrogens is 3. The van der Waals surface area contributed by atoms with Gasteiger partial charge in [-0.3, -0.25) is 9.36 Å². The van der Waals surface area contributed by atoms with E-state index >= 15 is 4.39 Å². The number of halogens is 1. The minimum atomic E-state index is -0.694. The molecule has 1 fully saturated rings. The van der Waals surface area contributed by atoms with Crippen LogP contribution in [0.4, 0.5) is 4.39 Å². The average Bonchev–Trinajstić information content (AvgIpc) is 3.31. The van der Waals surface area contributed by atoms with E-state index in [-0.39, 0.29) is 41.0 Å². The highest BCUT2D eigenvalue weighted by atomic mass is 19.1. The van der Waals surface area contributed by atoms with E-state index in [1.54, 1.807) is 7.05 Å². The standard InChI is InChI=1S/C24H35FN4O3/c1-14(2)11-16(5)32-21-13-20(29-24(31)28(6)22(27-29)15(3)4)19(25)12-18(21)23(30)26-17-9-7-8-10-17/h12-17H,7-11H2,1-6H3,(H,26,30). The van der Waals surface area contributed by atoms with Crippen LogP contribution >= 0.6 is 0 Å². The zero-order valence-corrected chi connectivity index (χ0v) is 19.9. The Kier molecular flexibility index (Phi) is 7.41. The zero-order valence-electron chi connectivity index (χ0n) is 19.9. The first kappa shape index (κ1) is 24.0. The zero-order chi connectivity index (χ0) is 23.6. The molecule has 8 heteroatoms. The highest BCUT2D eigenvalue weighted by Gasteiger charge is 2.25. The van der Waals surface area contributed by atoms with E-state index in [9.17, 15) is 9.59 Å². The average molecular weight is 447 g/mol. The van der Waals surface area contributed by atoms with E-state index in [0.717, 1.165) is 42.9 Å². The van der Waals surface area contributed by atoms with Gasteiger partial charge in [-0.1, -0.05) is 40.5 Å². The summed E-state index contributed by atoms with van der Waals surface area (Å²) < 4.78 is 23.8. The van der Waals surface area contributed by atoms with Crippen LogP contribution < -0.4 is 15.7 Å². The minimum Gasteiger partial charge on any atom is -0.490 e. The molecule has 176 valence electrons. The van der Waals surface area contributed by atoms with Crippen LogP contribution in [-0.2, 0) is 7.05 Å². The second kappa shape index (κ2) is 9.88. The Balaban J connectivity index is 2.04. The second-order valence-corrected chi connectivity index (χ2v) is 9.58. The maximum Gasteiger partial charge on any atom is 0.350 e. The van der Waals surface area contributed by atoms with Crippen molar-refractivity contribution < 1.29 is 13.9 Å². The molecular formula is C24H35FN4O3. The van der Waals surface area contributed by atoms with Crippen molar-refractivity contribution >= 4 is 5.91 Å². The Morgan fingerprint density at radius 2 is 1.88 bits per heavy atom. The Labute approximate surface area is 189 Å². The van der Waals surface area contributed by atoms with Crippen molar-refractivity contribution in [3.63, 3.8) is 0 Å². The van der Waals surface area contributed by atoms with Crippen LogP contribution in [-0.4, -0.2) is 32.4 Å². The topological polar surface area (TPSA) is 78.2 Å². The van der Waals surface area contributed by atoms with E-state index in [2.05, 4.69) is 24.3 Å². The van der Waals surface area contributed by atoms with Crippen molar-refractivity contribution in [2.75, 3.05) is 0 Å². The van der Waals surface area contributed by atoms with Gasteiger partial charge in [0.15, 0.2) is 0 Å². The third-order valence-corrected chi connectivity index (χ3v) is 5.87. The largest absolute Gasteiger partial charge is 0.490 e. The van der Waals surface area contributed by atoms with Gasteiger partial charge in [0.1, 0.15) is 23.1 Å². The van der Waals surface area contributed by atoms with Gasteiger partial charge < -0.3 is 10.1 Å². The summed E-state index contributed by atoms with van der Waals surface area (Å²) in [6.07, 6.45) is 4.60. The molecule has 1 aliphatic carbocycles. The number of nitrogens with one attached hydrogen (secondary N) is 1. The summed E-state index contributed by atoms with van der Waals surface area (Å²) in [5.74, 6) is 0.149. The number of carbonyl (C=O) groups excluding carboxylic acids is 1. The van der Waals surface area contributed by atoms with Crippen molar-refractivity contribution in [2.24, 2.45) is 13.0 Å². The van der Waals surface area contributed by atoms with Crippen LogP contribution in [0.25, 0.3) is 5.69 Å². The molecule has 1 aromatic carbocycles. The van der Waals surface area contributed by atoms with Crippen LogP contribution in [0.1, 0.15) is 88.8 Å². The number of hydrogen-bond donors (Lipinski definition) is 1. The monoisotopic (exact) mass is 446 g/mol. The van der Waals surface area contributed by atoms with Gasteiger partial charge in [-0.25, -0.2) is 9.18 Å². The van der Waals surface area contributed by atoms with Gasteiger partial charge in [-0.2, -0.15) is 4.68 Å². The Morgan fingerprint density at radius 1 is 1.22 bits per heavy atom. The molecule has 1 saturated carbocycles. The molecule has 3 rings (SSSR count). The molecule has 0 aliphatic heterocycles. The Bertz CT molecular complexity index is 1020. The lowest BCUT2D eigenvalue weighted by Gasteiger charge is -2.21. The van der Waals surface area contributed by atoms with E-state index in [4.69, 9.17) is 4.74 Å². The predicted octanol–water partition coefficient (Wildman–Crippen LogP) is 4.32. The van der Waals surface area contributed by atoms with Crippen LogP contribution in [0.5, 0.6) is 5.75 Å². The first-order valence-corrected chi connectivity index (χ1v) is 11.6. The summed E-state index contributed by atoms with van der Waals surface area (Å²) in [4.78, 5) is 25.7. The van der Waals surface area contributed by atoms with Crippen molar-refractivity contribution in [2.45, 2.75) is 84.8 Å².